The lowest BCUT2D eigenvalue weighted by atomic mass is 9.92. The number of carbonyl (C=O) groups is 2. The number of nitrogens with one attached hydrogen (secondary N) is 3. The van der Waals surface area contributed by atoms with E-state index >= 15 is 0 Å². The highest BCUT2D eigenvalue weighted by atomic mass is 19.1. The topological polar surface area (TPSA) is 107 Å². The molecule has 1 aromatic carbocycles. The number of nitrogens with zero attached hydrogens (tertiary/aromatic N) is 2. The van der Waals surface area contributed by atoms with Crippen molar-refractivity contribution in [3.63, 3.8) is 0 Å². The Labute approximate surface area is 166 Å². The Balaban J connectivity index is 1.62. The number of aromatic amines is 1. The molecule has 2 aliphatic heterocycles. The molecule has 4 rings (SSSR count). The number of H-pyrrole nitrogens is 1. The van der Waals surface area contributed by atoms with E-state index in [1.54, 1.807) is 0 Å². The Hall–Kier alpha value is -3.23. The van der Waals surface area contributed by atoms with E-state index in [0.717, 1.165) is 25.9 Å². The molecule has 0 spiro atoms. The minimum atomic E-state index is -0.976. The van der Waals surface area contributed by atoms with Gasteiger partial charge < -0.3 is 15.5 Å². The predicted molar refractivity (Wildman–Crippen MR) is 106 cm³/mol. The van der Waals surface area contributed by atoms with E-state index in [1.165, 1.54) is 24.3 Å². The number of rotatable bonds is 3. The molecule has 1 aromatic heterocycles. The van der Waals surface area contributed by atoms with Crippen LogP contribution in [0.2, 0.25) is 0 Å². The van der Waals surface area contributed by atoms with Crippen molar-refractivity contribution in [1.82, 2.24) is 9.97 Å². The van der Waals surface area contributed by atoms with E-state index in [0.29, 0.717) is 17.6 Å². The molecule has 3 heterocycles. The van der Waals surface area contributed by atoms with Crippen LogP contribution in [-0.2, 0) is 9.59 Å². The van der Waals surface area contributed by atoms with Gasteiger partial charge in [-0.3, -0.25) is 19.4 Å². The number of fused-ring (bicyclic) bond motifs is 1. The van der Waals surface area contributed by atoms with Crippen LogP contribution in [0.3, 0.4) is 0 Å². The zero-order valence-electron chi connectivity index (χ0n) is 16.0. The molecule has 1 unspecified atom stereocenters. The maximum absolute atomic E-state index is 13.1. The molecule has 2 aliphatic rings. The molecule has 0 aliphatic carbocycles. The molecule has 0 saturated carbocycles. The van der Waals surface area contributed by atoms with Crippen molar-refractivity contribution >= 4 is 29.3 Å². The molecule has 1 fully saturated rings. The van der Waals surface area contributed by atoms with Crippen molar-refractivity contribution in [2.45, 2.75) is 32.1 Å². The van der Waals surface area contributed by atoms with Gasteiger partial charge in [-0.2, -0.15) is 4.98 Å². The fourth-order valence-corrected chi connectivity index (χ4v) is 3.72. The van der Waals surface area contributed by atoms with E-state index in [4.69, 9.17) is 0 Å². The van der Waals surface area contributed by atoms with Crippen LogP contribution in [0.4, 0.5) is 21.8 Å². The summed E-state index contributed by atoms with van der Waals surface area (Å²) in [6.45, 7) is 3.72. The molecule has 1 saturated heterocycles. The standard InChI is InChI=1S/C20H22FN5O3/c1-11-6-8-26(9-7-11)20-24-17-16(19(29)25-20)14(10-15(27)23-17)18(28)22-13-4-2-12(21)3-5-13/h2-5,11,14H,6-10H2,1H3,(H,22,28)(H2,23,24,25,27,29). The third-order valence-electron chi connectivity index (χ3n) is 5.45. The van der Waals surface area contributed by atoms with Gasteiger partial charge in [0.2, 0.25) is 17.8 Å². The maximum atomic E-state index is 13.1. The highest BCUT2D eigenvalue weighted by Crippen LogP contribution is 2.31. The van der Waals surface area contributed by atoms with Crippen LogP contribution in [-0.4, -0.2) is 34.9 Å². The third kappa shape index (κ3) is 3.98. The summed E-state index contributed by atoms with van der Waals surface area (Å²) in [6, 6.07) is 5.27. The summed E-state index contributed by atoms with van der Waals surface area (Å²) in [5.41, 5.74) is 0.0774. The normalized spacial score (nSPS) is 19.4. The van der Waals surface area contributed by atoms with Crippen LogP contribution in [0.1, 0.15) is 37.7 Å². The molecule has 0 radical (unpaired) electrons. The number of benzene rings is 1. The van der Waals surface area contributed by atoms with Crippen LogP contribution in [0, 0.1) is 11.7 Å². The second-order valence-corrected chi connectivity index (χ2v) is 7.62. The highest BCUT2D eigenvalue weighted by Gasteiger charge is 2.35. The number of carbonyl (C=O) groups excluding carboxylic acids is 2. The monoisotopic (exact) mass is 399 g/mol. The van der Waals surface area contributed by atoms with E-state index in [2.05, 4.69) is 27.5 Å². The smallest absolute Gasteiger partial charge is 0.258 e. The summed E-state index contributed by atoms with van der Waals surface area (Å²) in [5, 5.41) is 5.25. The number of hydrogen-bond acceptors (Lipinski definition) is 5. The van der Waals surface area contributed by atoms with Gasteiger partial charge in [-0.05, 0) is 43.0 Å². The summed E-state index contributed by atoms with van der Waals surface area (Å²) in [4.78, 5) is 46.9. The average molecular weight is 399 g/mol. The van der Waals surface area contributed by atoms with Crippen molar-refractivity contribution in [3.05, 3.63) is 46.0 Å². The number of anilines is 3. The average Bonchev–Trinajstić information content (AvgIpc) is 2.69. The lowest BCUT2D eigenvalue weighted by molar-refractivity contribution is -0.123. The minimum absolute atomic E-state index is 0.123. The van der Waals surface area contributed by atoms with Gasteiger partial charge in [0.05, 0.1) is 11.5 Å². The quantitative estimate of drug-likeness (QED) is 0.734. The predicted octanol–water partition coefficient (Wildman–Crippen LogP) is 2.21. The van der Waals surface area contributed by atoms with E-state index < -0.39 is 23.2 Å². The molecule has 2 aromatic rings. The zero-order chi connectivity index (χ0) is 20.5. The molecule has 152 valence electrons. The Bertz CT molecular complexity index is 996. The molecule has 2 amide bonds. The maximum Gasteiger partial charge on any atom is 0.258 e. The van der Waals surface area contributed by atoms with Gasteiger partial charge in [0.1, 0.15) is 11.6 Å². The molecule has 8 nitrogen and oxygen atoms in total. The van der Waals surface area contributed by atoms with Crippen molar-refractivity contribution in [2.75, 3.05) is 28.6 Å². The lowest BCUT2D eigenvalue weighted by Crippen LogP contribution is -2.39. The first-order valence-electron chi connectivity index (χ1n) is 9.66. The second-order valence-electron chi connectivity index (χ2n) is 7.62. The Kier molecular flexibility index (Phi) is 5.04. The van der Waals surface area contributed by atoms with Crippen LogP contribution in [0.25, 0.3) is 0 Å². The fourth-order valence-electron chi connectivity index (χ4n) is 3.72. The molecule has 29 heavy (non-hydrogen) atoms. The van der Waals surface area contributed by atoms with Crippen molar-refractivity contribution in [2.24, 2.45) is 5.92 Å². The SMILES string of the molecule is CC1CCN(c2nc3c(c(=O)[nH]2)C(C(=O)Nc2ccc(F)cc2)CC(=O)N3)CC1. The summed E-state index contributed by atoms with van der Waals surface area (Å²) in [7, 11) is 0. The first-order valence-corrected chi connectivity index (χ1v) is 9.66. The summed E-state index contributed by atoms with van der Waals surface area (Å²) >= 11 is 0. The van der Waals surface area contributed by atoms with Gasteiger partial charge in [-0.15, -0.1) is 0 Å². The third-order valence-corrected chi connectivity index (χ3v) is 5.45. The molecule has 0 bridgehead atoms. The van der Waals surface area contributed by atoms with Gasteiger partial charge in [0.25, 0.3) is 5.56 Å². The molecular weight excluding hydrogens is 377 g/mol. The lowest BCUT2D eigenvalue weighted by Gasteiger charge is -2.31. The first-order chi connectivity index (χ1) is 13.9. The molecule has 9 heteroatoms. The Morgan fingerprint density at radius 3 is 2.59 bits per heavy atom. The van der Waals surface area contributed by atoms with Crippen LogP contribution in [0.15, 0.2) is 29.1 Å². The van der Waals surface area contributed by atoms with Crippen LogP contribution < -0.4 is 21.1 Å². The van der Waals surface area contributed by atoms with E-state index in [9.17, 15) is 18.8 Å². The molecule has 3 N–H and O–H groups in total. The number of hydrogen-bond donors (Lipinski definition) is 3. The zero-order valence-corrected chi connectivity index (χ0v) is 16.0. The number of piperidine rings is 1. The second kappa shape index (κ2) is 7.65. The minimum Gasteiger partial charge on any atom is -0.342 e. The van der Waals surface area contributed by atoms with Gasteiger partial charge in [-0.25, -0.2) is 4.39 Å². The van der Waals surface area contributed by atoms with Crippen molar-refractivity contribution in [3.8, 4) is 0 Å². The summed E-state index contributed by atoms with van der Waals surface area (Å²) in [5.74, 6) is -1.15. The largest absolute Gasteiger partial charge is 0.342 e. The van der Waals surface area contributed by atoms with Gasteiger partial charge in [0, 0.05) is 25.2 Å². The van der Waals surface area contributed by atoms with Crippen molar-refractivity contribution < 1.29 is 14.0 Å². The van der Waals surface area contributed by atoms with Crippen molar-refractivity contribution in [1.29, 1.82) is 0 Å². The fraction of sp³-hybridized carbons (Fsp3) is 0.400. The molecule has 1 atom stereocenters. The Morgan fingerprint density at radius 1 is 1.21 bits per heavy atom. The highest BCUT2D eigenvalue weighted by molar-refractivity contribution is 6.04. The van der Waals surface area contributed by atoms with Gasteiger partial charge in [0.15, 0.2) is 0 Å². The first kappa shape index (κ1) is 19.1. The number of amides is 2. The summed E-state index contributed by atoms with van der Waals surface area (Å²) in [6.07, 6.45) is 1.83. The van der Waals surface area contributed by atoms with Crippen LogP contribution in [0.5, 0.6) is 0 Å². The Morgan fingerprint density at radius 2 is 1.90 bits per heavy atom. The summed E-state index contributed by atoms with van der Waals surface area (Å²) < 4.78 is 13.1. The van der Waals surface area contributed by atoms with Gasteiger partial charge >= 0.3 is 0 Å². The number of halogens is 1. The van der Waals surface area contributed by atoms with Gasteiger partial charge in [-0.1, -0.05) is 6.92 Å². The van der Waals surface area contributed by atoms with E-state index in [-0.39, 0.29) is 23.7 Å². The van der Waals surface area contributed by atoms with E-state index in [1.807, 2.05) is 4.90 Å². The molecular formula is C20H22FN5O3. The van der Waals surface area contributed by atoms with Crippen LogP contribution >= 0.6 is 0 Å². The number of aromatic nitrogens is 2.